The Kier molecular flexibility index (Phi) is 19.2. The molecule has 21 saturated heterocycles. The van der Waals surface area contributed by atoms with Crippen molar-refractivity contribution in [1.82, 2.24) is 0 Å². The Morgan fingerprint density at radius 1 is 0.158 bits per heavy atom. The van der Waals surface area contributed by atoms with E-state index < -0.39 is 261 Å². The maximum atomic E-state index is 11.4. The molecule has 0 aliphatic carbocycles. The van der Waals surface area contributed by atoms with Gasteiger partial charge in [-0.1, -0.05) is 0 Å². The van der Waals surface area contributed by atoms with E-state index in [1.165, 1.54) is 0 Å². The molecule has 440 valence electrons. The summed E-state index contributed by atoms with van der Waals surface area (Å²) in [6, 6.07) is 0. The molecule has 21 aliphatic rings. The van der Waals surface area contributed by atoms with Gasteiger partial charge in [0.15, 0.2) is 44.0 Å². The Labute approximate surface area is 428 Å². The first kappa shape index (κ1) is 59.3. The van der Waals surface area contributed by atoms with Crippen molar-refractivity contribution in [3.63, 3.8) is 0 Å². The van der Waals surface area contributed by atoms with Crippen molar-refractivity contribution in [3.05, 3.63) is 0 Å². The molecule has 0 saturated carbocycles. The van der Waals surface area contributed by atoms with E-state index in [4.69, 9.17) is 71.1 Å². The van der Waals surface area contributed by atoms with Gasteiger partial charge in [0.1, 0.15) is 171 Å². The highest BCUT2D eigenvalue weighted by Gasteiger charge is 2.63. The van der Waals surface area contributed by atoms with E-state index in [1.54, 1.807) is 0 Å². The van der Waals surface area contributed by atoms with Crippen LogP contribution >= 0.6 is 0 Å². The fraction of sp³-hybridized carbons (Fsp3) is 1.00. The summed E-state index contributed by atoms with van der Waals surface area (Å²) in [7, 11) is 0. The van der Waals surface area contributed by atoms with E-state index in [1.807, 2.05) is 0 Å². The first-order chi connectivity index (χ1) is 36.3. The largest absolute Gasteiger partial charge is 0.394 e. The van der Waals surface area contributed by atoms with E-state index in [-0.39, 0.29) is 0 Å². The quantitative estimate of drug-likeness (QED) is 0.105. The van der Waals surface area contributed by atoms with Gasteiger partial charge in [-0.05, 0) is 0 Å². The maximum Gasteiger partial charge on any atom is 0.187 e. The molecule has 0 aromatic heterocycles. The Hall–Kier alpha value is -1.36. The molecule has 19 N–H and O–H groups in total. The summed E-state index contributed by atoms with van der Waals surface area (Å²) >= 11 is 0. The first-order valence-electron chi connectivity index (χ1n) is 24.6. The predicted molar refractivity (Wildman–Crippen MR) is 225 cm³/mol. The lowest BCUT2D eigenvalue weighted by Crippen LogP contribution is -2.68. The van der Waals surface area contributed by atoms with E-state index >= 15 is 0 Å². The Balaban J connectivity index is 0.984. The highest BCUT2D eigenvalue weighted by molar-refractivity contribution is 5.05. The van der Waals surface area contributed by atoms with Crippen LogP contribution in [0.2, 0.25) is 0 Å². The van der Waals surface area contributed by atoms with Crippen LogP contribution in [0.4, 0.5) is 0 Å². The van der Waals surface area contributed by atoms with Crippen LogP contribution < -0.4 is 0 Å². The van der Waals surface area contributed by atoms with Gasteiger partial charge in [-0.15, -0.1) is 0 Å². The van der Waals surface area contributed by atoms with E-state index in [9.17, 15) is 97.0 Å². The standard InChI is InChI=1S/C42H68O34/c43-1-8-27-15(50)22(57)37(63-8)72-29-10(3-45)65-39(24(59)17(29)52)74-31-12(5-47)67-41(26(61)19(31)54)76-33-14(7-49)68-42(35-34(33)69-35)75-32-13(6-48)66-40(25(60)20(32)55)73-30-11(4-46)64-38(23(58)18(30)53)71-28-9(2-44)62-36(70-27)21(56)16(28)51/h8-61H,1-7H2/t8-,9+,10-,11+,12+,13+,14+,15+,16+,17+,18-,19+,20+,21+,22+,23+,24+,25+,26-,27+,28+,29+,30+,31+,32+,33+,34-,35-,36+,37+,38+,39+,40+,41+,42+/m0/s1. The third-order valence-electron chi connectivity index (χ3n) is 15.0. The zero-order valence-electron chi connectivity index (χ0n) is 39.8. The van der Waals surface area contributed by atoms with Crippen LogP contribution in [0.3, 0.4) is 0 Å². The highest BCUT2D eigenvalue weighted by Crippen LogP contribution is 2.43. The van der Waals surface area contributed by atoms with Crippen LogP contribution in [0.1, 0.15) is 0 Å². The molecule has 21 aliphatic heterocycles. The molecule has 0 aromatic carbocycles. The van der Waals surface area contributed by atoms with E-state index in [0.29, 0.717) is 0 Å². The van der Waals surface area contributed by atoms with Gasteiger partial charge in [0, 0.05) is 0 Å². The lowest BCUT2D eigenvalue weighted by Gasteiger charge is -2.50. The summed E-state index contributed by atoms with van der Waals surface area (Å²) in [5.41, 5.74) is 0. The van der Waals surface area contributed by atoms with Crippen molar-refractivity contribution < 1.29 is 168 Å². The second kappa shape index (κ2) is 24.6. The molecule has 0 aromatic rings. The molecule has 0 spiro atoms. The van der Waals surface area contributed by atoms with Crippen LogP contribution in [0, 0.1) is 0 Å². The zero-order valence-corrected chi connectivity index (χ0v) is 39.8. The summed E-state index contributed by atoms with van der Waals surface area (Å²) in [6.45, 7) is -6.76. The Morgan fingerprint density at radius 2 is 0.329 bits per heavy atom. The van der Waals surface area contributed by atoms with Crippen LogP contribution in [0.5, 0.6) is 0 Å². The summed E-state index contributed by atoms with van der Waals surface area (Å²) in [5, 5.41) is 208. The van der Waals surface area contributed by atoms with Gasteiger partial charge in [-0.25, -0.2) is 0 Å². The number of hydrogen-bond donors (Lipinski definition) is 19. The molecule has 0 amide bonds. The average molecular weight is 1120 g/mol. The monoisotopic (exact) mass is 1120 g/mol. The van der Waals surface area contributed by atoms with Gasteiger partial charge < -0.3 is 168 Å². The molecule has 21 fully saturated rings. The average Bonchev–Trinajstić information content (AvgIpc) is 4.26. The lowest BCUT2D eigenvalue weighted by atomic mass is 9.95. The van der Waals surface area contributed by atoms with Crippen molar-refractivity contribution in [3.8, 4) is 0 Å². The molecule has 21 heterocycles. The summed E-state index contributed by atoms with van der Waals surface area (Å²) in [6.07, 6.45) is -64.2. The molecule has 76 heavy (non-hydrogen) atoms. The van der Waals surface area contributed by atoms with Gasteiger partial charge in [0.05, 0.1) is 46.2 Å². The van der Waals surface area contributed by atoms with Crippen molar-refractivity contribution >= 4 is 0 Å². The smallest absolute Gasteiger partial charge is 0.187 e. The number of aliphatic hydroxyl groups excluding tert-OH is 19. The summed E-state index contributed by atoms with van der Waals surface area (Å²) in [5.74, 6) is 0. The molecule has 34 nitrogen and oxygen atoms in total. The Bertz CT molecular complexity index is 1840. The van der Waals surface area contributed by atoms with E-state index in [2.05, 4.69) is 0 Å². The summed E-state index contributed by atoms with van der Waals surface area (Å²) in [4.78, 5) is 0. The molecule has 34 heteroatoms. The predicted octanol–water partition coefficient (Wildman–Crippen LogP) is -14.2. The second-order valence-electron chi connectivity index (χ2n) is 19.7. The van der Waals surface area contributed by atoms with Gasteiger partial charge in [-0.3, -0.25) is 0 Å². The number of ether oxygens (including phenoxy) is 15. The number of epoxide rings is 1. The zero-order chi connectivity index (χ0) is 54.8. The molecule has 0 radical (unpaired) electrons. The van der Waals surface area contributed by atoms with Crippen molar-refractivity contribution in [1.29, 1.82) is 0 Å². The van der Waals surface area contributed by atoms with Gasteiger partial charge in [0.2, 0.25) is 0 Å². The lowest BCUT2D eigenvalue weighted by molar-refractivity contribution is -0.396. The second-order valence-corrected chi connectivity index (χ2v) is 19.7. The first-order valence-corrected chi connectivity index (χ1v) is 24.6. The molecule has 21 rings (SSSR count). The minimum Gasteiger partial charge on any atom is -0.394 e. The van der Waals surface area contributed by atoms with Crippen LogP contribution in [-0.4, -0.2) is 358 Å². The third kappa shape index (κ3) is 11.2. The SMILES string of the molecule is OC[C@@H]1O[C@@H]2O[C@H]3[C@H](O)[C@H](O)[C@@H](O[C@H]4[C@@H]5O[C@@H]5[C@@H](O[C@H]5[C@H](O)[C@@H](O)[C@@H](O[C@H]6[C@@H](O)[C@@H](O)[C@@H](O[C@H]7[C@H](O)[C@@H](O)[C@@H](O[C@H]8[C@H](O)[C@@H](O)[C@@H](O[C@H]1[C@H](O)[C@H]2O)O[C@H]8CO)O[C@@H]7CO)O[C@@H]6CO)O[C@@H]5CO)O[C@@H]4CO)O[C@@H]3CO. The van der Waals surface area contributed by atoms with Gasteiger partial charge >= 0.3 is 0 Å². The van der Waals surface area contributed by atoms with Crippen molar-refractivity contribution in [2.45, 2.75) is 215 Å². The third-order valence-corrected chi connectivity index (χ3v) is 15.0. The molecular weight excluding hydrogens is 1050 g/mol. The van der Waals surface area contributed by atoms with Crippen LogP contribution in [0.25, 0.3) is 0 Å². The number of aliphatic hydroxyl groups is 19. The minimum absolute atomic E-state index is 0.822. The number of hydrogen-bond acceptors (Lipinski definition) is 34. The van der Waals surface area contributed by atoms with Gasteiger partial charge in [0.25, 0.3) is 0 Å². The maximum absolute atomic E-state index is 11.4. The molecule has 0 unspecified atom stereocenters. The van der Waals surface area contributed by atoms with E-state index in [0.717, 1.165) is 0 Å². The normalized spacial score (nSPS) is 56.3. The van der Waals surface area contributed by atoms with Crippen molar-refractivity contribution in [2.24, 2.45) is 0 Å². The number of rotatable bonds is 7. The highest BCUT2D eigenvalue weighted by atomic mass is 16.8. The fourth-order valence-corrected chi connectivity index (χ4v) is 10.7. The minimum atomic E-state index is -2.18. The molecular formula is C42H68O34. The number of fused-ring (bicyclic) bond motifs is 1. The van der Waals surface area contributed by atoms with Gasteiger partial charge in [-0.2, -0.15) is 0 Å². The molecule has 14 bridgehead atoms. The summed E-state index contributed by atoms with van der Waals surface area (Å²) < 4.78 is 86.4. The van der Waals surface area contributed by atoms with Crippen LogP contribution in [-0.2, 0) is 71.1 Å². The Morgan fingerprint density at radius 3 is 0.539 bits per heavy atom. The topological polar surface area (TPSA) is 526 Å². The molecule has 35 atom stereocenters. The van der Waals surface area contributed by atoms with Crippen LogP contribution in [0.15, 0.2) is 0 Å². The van der Waals surface area contributed by atoms with Crippen molar-refractivity contribution in [2.75, 3.05) is 46.2 Å². The fourth-order valence-electron chi connectivity index (χ4n) is 10.7.